The minimum atomic E-state index is -0.528. The van der Waals surface area contributed by atoms with Gasteiger partial charge in [0.25, 0.3) is 0 Å². The third-order valence-electron chi connectivity index (χ3n) is 2.38. The Labute approximate surface area is 97.4 Å². The number of rotatable bonds is 6. The summed E-state index contributed by atoms with van der Waals surface area (Å²) in [6.07, 6.45) is 0.629. The van der Waals surface area contributed by atoms with E-state index in [1.807, 2.05) is 20.8 Å². The Bertz CT molecular complexity index is 241. The summed E-state index contributed by atoms with van der Waals surface area (Å²) < 4.78 is 0. The van der Waals surface area contributed by atoms with Gasteiger partial charge in [0.2, 0.25) is 11.8 Å². The van der Waals surface area contributed by atoms with E-state index < -0.39 is 6.04 Å². The predicted octanol–water partition coefficient (Wildman–Crippen LogP) is -0.0457. The monoisotopic (exact) mass is 229 g/mol. The van der Waals surface area contributed by atoms with Crippen LogP contribution in [0.4, 0.5) is 0 Å². The number of carbonyl (C=O) groups excluding carboxylic acids is 2. The van der Waals surface area contributed by atoms with Crippen LogP contribution in [0.1, 0.15) is 27.2 Å². The molecule has 16 heavy (non-hydrogen) atoms. The highest BCUT2D eigenvalue weighted by atomic mass is 16.2. The van der Waals surface area contributed by atoms with Crippen molar-refractivity contribution in [1.29, 1.82) is 0 Å². The van der Waals surface area contributed by atoms with Gasteiger partial charge in [-0.25, -0.2) is 0 Å². The molecule has 0 aliphatic carbocycles. The first kappa shape index (κ1) is 14.9. The molecule has 0 spiro atoms. The van der Waals surface area contributed by atoms with E-state index in [9.17, 15) is 9.59 Å². The van der Waals surface area contributed by atoms with E-state index in [1.54, 1.807) is 11.9 Å². The summed E-state index contributed by atoms with van der Waals surface area (Å²) >= 11 is 0. The molecule has 0 heterocycles. The molecule has 0 bridgehead atoms. The van der Waals surface area contributed by atoms with Crippen LogP contribution in [0.25, 0.3) is 0 Å². The highest BCUT2D eigenvalue weighted by molar-refractivity contribution is 5.87. The van der Waals surface area contributed by atoms with Crippen LogP contribution < -0.4 is 11.1 Å². The summed E-state index contributed by atoms with van der Waals surface area (Å²) in [6, 6.07) is -0.528. The van der Waals surface area contributed by atoms with E-state index in [0.29, 0.717) is 18.9 Å². The molecule has 0 saturated heterocycles. The molecule has 5 heteroatoms. The van der Waals surface area contributed by atoms with E-state index in [-0.39, 0.29) is 18.4 Å². The van der Waals surface area contributed by atoms with Gasteiger partial charge in [-0.3, -0.25) is 9.59 Å². The van der Waals surface area contributed by atoms with Crippen molar-refractivity contribution in [2.75, 3.05) is 20.1 Å². The molecule has 0 aromatic heterocycles. The van der Waals surface area contributed by atoms with Crippen LogP contribution in [0.15, 0.2) is 0 Å². The van der Waals surface area contributed by atoms with Crippen LogP contribution in [0.2, 0.25) is 0 Å². The highest BCUT2D eigenvalue weighted by Crippen LogP contribution is 2.02. The van der Waals surface area contributed by atoms with Gasteiger partial charge in [-0.05, 0) is 19.3 Å². The van der Waals surface area contributed by atoms with Gasteiger partial charge in [-0.15, -0.1) is 0 Å². The van der Waals surface area contributed by atoms with Crippen molar-refractivity contribution in [3.05, 3.63) is 0 Å². The molecule has 2 amide bonds. The Hall–Kier alpha value is -1.10. The Morgan fingerprint density at radius 2 is 1.94 bits per heavy atom. The number of likely N-dealkylation sites (N-methyl/N-ethyl adjacent to an activating group) is 1. The molecule has 0 saturated carbocycles. The van der Waals surface area contributed by atoms with Crippen molar-refractivity contribution in [1.82, 2.24) is 10.2 Å². The maximum absolute atomic E-state index is 11.5. The third-order valence-corrected chi connectivity index (χ3v) is 2.38. The number of nitrogens with zero attached hydrogens (tertiary/aromatic N) is 1. The number of amides is 2. The molecule has 0 fully saturated rings. The SMILES string of the molecule is CCN(C)C(=O)CNC(=O)[C@H](N)CC(C)C. The summed E-state index contributed by atoms with van der Waals surface area (Å²) in [5.41, 5.74) is 5.68. The second-order valence-electron chi connectivity index (χ2n) is 4.36. The summed E-state index contributed by atoms with van der Waals surface area (Å²) in [6.45, 7) is 6.54. The molecule has 0 unspecified atom stereocenters. The number of hydrogen-bond acceptors (Lipinski definition) is 3. The smallest absolute Gasteiger partial charge is 0.241 e. The first-order valence-electron chi connectivity index (χ1n) is 5.65. The van der Waals surface area contributed by atoms with Gasteiger partial charge < -0.3 is 16.0 Å². The summed E-state index contributed by atoms with van der Waals surface area (Å²) in [7, 11) is 1.70. The fourth-order valence-corrected chi connectivity index (χ4v) is 1.22. The van der Waals surface area contributed by atoms with E-state index in [4.69, 9.17) is 5.73 Å². The van der Waals surface area contributed by atoms with E-state index in [0.717, 1.165) is 0 Å². The van der Waals surface area contributed by atoms with Crippen molar-refractivity contribution >= 4 is 11.8 Å². The van der Waals surface area contributed by atoms with Crippen molar-refractivity contribution in [2.45, 2.75) is 33.2 Å². The van der Waals surface area contributed by atoms with Crippen molar-refractivity contribution in [2.24, 2.45) is 11.7 Å². The number of hydrogen-bond donors (Lipinski definition) is 2. The molecule has 1 atom stereocenters. The van der Waals surface area contributed by atoms with Gasteiger partial charge in [0.15, 0.2) is 0 Å². The topological polar surface area (TPSA) is 75.4 Å². The second-order valence-corrected chi connectivity index (χ2v) is 4.36. The molecule has 0 aliphatic heterocycles. The molecule has 0 aliphatic rings. The Balaban J connectivity index is 3.93. The van der Waals surface area contributed by atoms with Gasteiger partial charge >= 0.3 is 0 Å². The van der Waals surface area contributed by atoms with Crippen LogP contribution in [0.3, 0.4) is 0 Å². The first-order valence-corrected chi connectivity index (χ1v) is 5.65. The normalized spacial score (nSPS) is 12.4. The number of carbonyl (C=O) groups is 2. The largest absolute Gasteiger partial charge is 0.346 e. The quantitative estimate of drug-likeness (QED) is 0.671. The highest BCUT2D eigenvalue weighted by Gasteiger charge is 2.16. The van der Waals surface area contributed by atoms with Crippen LogP contribution in [0, 0.1) is 5.92 Å². The first-order chi connectivity index (χ1) is 7.38. The zero-order chi connectivity index (χ0) is 12.7. The minimum Gasteiger partial charge on any atom is -0.346 e. The summed E-state index contributed by atoms with van der Waals surface area (Å²) in [5.74, 6) is 0.00826. The lowest BCUT2D eigenvalue weighted by atomic mass is 10.0. The maximum Gasteiger partial charge on any atom is 0.241 e. The Morgan fingerprint density at radius 3 is 2.38 bits per heavy atom. The van der Waals surface area contributed by atoms with Crippen molar-refractivity contribution < 1.29 is 9.59 Å². The molecule has 94 valence electrons. The lowest BCUT2D eigenvalue weighted by Gasteiger charge is -2.17. The van der Waals surface area contributed by atoms with Crippen molar-refractivity contribution in [3.63, 3.8) is 0 Å². The zero-order valence-corrected chi connectivity index (χ0v) is 10.6. The lowest BCUT2D eigenvalue weighted by molar-refractivity contribution is -0.132. The molecule has 3 N–H and O–H groups in total. The fraction of sp³-hybridized carbons (Fsp3) is 0.818. The van der Waals surface area contributed by atoms with E-state index in [2.05, 4.69) is 5.32 Å². The third kappa shape index (κ3) is 5.70. The van der Waals surface area contributed by atoms with E-state index in [1.165, 1.54) is 0 Å². The molecular weight excluding hydrogens is 206 g/mol. The second kappa shape index (κ2) is 7.22. The molecule has 0 radical (unpaired) electrons. The van der Waals surface area contributed by atoms with Crippen LogP contribution in [0.5, 0.6) is 0 Å². The fourth-order valence-electron chi connectivity index (χ4n) is 1.22. The van der Waals surface area contributed by atoms with Gasteiger partial charge in [0, 0.05) is 13.6 Å². The van der Waals surface area contributed by atoms with Gasteiger partial charge in [-0.2, -0.15) is 0 Å². The summed E-state index contributed by atoms with van der Waals surface area (Å²) in [4.78, 5) is 24.4. The van der Waals surface area contributed by atoms with Gasteiger partial charge in [0.1, 0.15) is 0 Å². The average molecular weight is 229 g/mol. The van der Waals surface area contributed by atoms with Gasteiger partial charge in [0.05, 0.1) is 12.6 Å². The van der Waals surface area contributed by atoms with E-state index >= 15 is 0 Å². The Kier molecular flexibility index (Phi) is 6.72. The molecule has 0 aromatic rings. The average Bonchev–Trinajstić information content (AvgIpc) is 2.23. The number of nitrogens with two attached hydrogens (primary N) is 1. The number of nitrogens with one attached hydrogen (secondary N) is 1. The molecule has 0 rings (SSSR count). The zero-order valence-electron chi connectivity index (χ0n) is 10.6. The summed E-state index contributed by atoms with van der Waals surface area (Å²) in [5, 5.41) is 2.55. The maximum atomic E-state index is 11.5. The molecule has 0 aromatic carbocycles. The minimum absolute atomic E-state index is 0.0228. The predicted molar refractivity (Wildman–Crippen MR) is 63.8 cm³/mol. The van der Waals surface area contributed by atoms with Crippen LogP contribution in [-0.4, -0.2) is 42.9 Å². The van der Waals surface area contributed by atoms with Gasteiger partial charge in [-0.1, -0.05) is 13.8 Å². The Morgan fingerprint density at radius 1 is 1.38 bits per heavy atom. The molecular formula is C11H23N3O2. The van der Waals surface area contributed by atoms with Crippen LogP contribution >= 0.6 is 0 Å². The molecule has 5 nitrogen and oxygen atoms in total. The van der Waals surface area contributed by atoms with Crippen LogP contribution in [-0.2, 0) is 9.59 Å². The van der Waals surface area contributed by atoms with Crippen molar-refractivity contribution in [3.8, 4) is 0 Å². The standard InChI is InChI=1S/C11H23N3O2/c1-5-14(4)10(15)7-13-11(16)9(12)6-8(2)3/h8-9H,5-7,12H2,1-4H3,(H,13,16)/t9-/m1/s1. The lowest BCUT2D eigenvalue weighted by Crippen LogP contribution is -2.45.